The standard InChI is InChI=1S/C19H28F2N2O5/c1-6-26-15-11-13(7-8-14(15)27-17(20)21)12-23(5)16(24)9-10-22-18(25)28-19(2,3)4/h7-8,11,17H,6,9-10,12H2,1-5H3,(H,22,25). The molecule has 0 radical (unpaired) electrons. The highest BCUT2D eigenvalue weighted by atomic mass is 19.3. The first-order valence-electron chi connectivity index (χ1n) is 8.93. The van der Waals surface area contributed by atoms with E-state index >= 15 is 0 Å². The van der Waals surface area contributed by atoms with Gasteiger partial charge in [0.1, 0.15) is 5.60 Å². The fourth-order valence-electron chi connectivity index (χ4n) is 2.25. The molecule has 0 aromatic heterocycles. The summed E-state index contributed by atoms with van der Waals surface area (Å²) < 4.78 is 39.8. The van der Waals surface area contributed by atoms with E-state index in [2.05, 4.69) is 10.1 Å². The van der Waals surface area contributed by atoms with Crippen LogP contribution in [0.2, 0.25) is 0 Å². The van der Waals surface area contributed by atoms with Crippen molar-refractivity contribution in [3.8, 4) is 11.5 Å². The van der Waals surface area contributed by atoms with E-state index in [0.29, 0.717) is 5.56 Å². The molecule has 0 heterocycles. The number of amides is 2. The second kappa shape index (κ2) is 10.7. The quantitative estimate of drug-likeness (QED) is 0.683. The van der Waals surface area contributed by atoms with Gasteiger partial charge in [0.2, 0.25) is 5.91 Å². The van der Waals surface area contributed by atoms with Gasteiger partial charge in [0.25, 0.3) is 0 Å². The summed E-state index contributed by atoms with van der Waals surface area (Å²) in [5, 5.41) is 2.52. The molecule has 7 nitrogen and oxygen atoms in total. The van der Waals surface area contributed by atoms with Crippen molar-refractivity contribution in [3.63, 3.8) is 0 Å². The van der Waals surface area contributed by atoms with Crippen LogP contribution < -0.4 is 14.8 Å². The van der Waals surface area contributed by atoms with Gasteiger partial charge in [0.05, 0.1) is 6.61 Å². The summed E-state index contributed by atoms with van der Waals surface area (Å²) in [5.74, 6) is -0.0641. The monoisotopic (exact) mass is 402 g/mol. The number of carbonyl (C=O) groups is 2. The molecule has 1 aromatic rings. The number of carbonyl (C=O) groups excluding carboxylic acids is 2. The van der Waals surface area contributed by atoms with E-state index in [1.807, 2.05) is 0 Å². The number of benzene rings is 1. The molecule has 0 unspecified atom stereocenters. The van der Waals surface area contributed by atoms with E-state index in [-0.39, 0.29) is 43.5 Å². The van der Waals surface area contributed by atoms with Crippen LogP contribution in [0.1, 0.15) is 39.7 Å². The summed E-state index contributed by atoms with van der Waals surface area (Å²) in [6, 6.07) is 4.53. The number of hydrogen-bond donors (Lipinski definition) is 1. The minimum Gasteiger partial charge on any atom is -0.490 e. The number of rotatable bonds is 9. The Kier molecular flexibility index (Phi) is 8.94. The zero-order valence-electron chi connectivity index (χ0n) is 16.9. The molecule has 0 aliphatic rings. The van der Waals surface area contributed by atoms with Crippen LogP contribution in [-0.2, 0) is 16.1 Å². The fraction of sp³-hybridized carbons (Fsp3) is 0.579. The van der Waals surface area contributed by atoms with Crippen LogP contribution in [0.4, 0.5) is 13.6 Å². The lowest BCUT2D eigenvalue weighted by atomic mass is 10.2. The zero-order valence-corrected chi connectivity index (χ0v) is 16.9. The Morgan fingerprint density at radius 3 is 2.46 bits per heavy atom. The number of hydrogen-bond acceptors (Lipinski definition) is 5. The number of alkyl carbamates (subject to hydrolysis) is 1. The van der Waals surface area contributed by atoms with Crippen molar-refractivity contribution in [2.75, 3.05) is 20.2 Å². The van der Waals surface area contributed by atoms with E-state index in [0.717, 1.165) is 0 Å². The van der Waals surface area contributed by atoms with Crippen LogP contribution in [0.25, 0.3) is 0 Å². The van der Waals surface area contributed by atoms with Crippen LogP contribution in [0.15, 0.2) is 18.2 Å². The lowest BCUT2D eigenvalue weighted by Gasteiger charge is -2.21. The van der Waals surface area contributed by atoms with Gasteiger partial charge in [0, 0.05) is 26.6 Å². The lowest BCUT2D eigenvalue weighted by Crippen LogP contribution is -2.35. The molecule has 0 bridgehead atoms. The highest BCUT2D eigenvalue weighted by molar-refractivity contribution is 5.77. The second-order valence-corrected chi connectivity index (χ2v) is 7.02. The average Bonchev–Trinajstić information content (AvgIpc) is 2.55. The first kappa shape index (κ1) is 23.5. The molecular formula is C19H28F2N2O5. The molecule has 1 N–H and O–H groups in total. The van der Waals surface area contributed by atoms with Crippen molar-refractivity contribution in [3.05, 3.63) is 23.8 Å². The summed E-state index contributed by atoms with van der Waals surface area (Å²) in [6.07, 6.45) is -0.486. The number of nitrogens with zero attached hydrogens (tertiary/aromatic N) is 1. The maximum atomic E-state index is 12.5. The maximum absolute atomic E-state index is 12.5. The highest BCUT2D eigenvalue weighted by Gasteiger charge is 2.17. The van der Waals surface area contributed by atoms with Gasteiger partial charge in [-0.25, -0.2) is 4.79 Å². The number of halogens is 2. The van der Waals surface area contributed by atoms with Crippen LogP contribution >= 0.6 is 0 Å². The van der Waals surface area contributed by atoms with Crippen molar-refractivity contribution in [1.29, 1.82) is 0 Å². The largest absolute Gasteiger partial charge is 0.490 e. The highest BCUT2D eigenvalue weighted by Crippen LogP contribution is 2.30. The molecule has 0 spiro atoms. The Hall–Kier alpha value is -2.58. The summed E-state index contributed by atoms with van der Waals surface area (Å²) >= 11 is 0. The van der Waals surface area contributed by atoms with Crippen LogP contribution in [0, 0.1) is 0 Å². The van der Waals surface area contributed by atoms with Crippen molar-refractivity contribution < 1.29 is 32.6 Å². The SMILES string of the molecule is CCOc1cc(CN(C)C(=O)CCNC(=O)OC(C)(C)C)ccc1OC(F)F. The Morgan fingerprint density at radius 1 is 1.21 bits per heavy atom. The number of ether oxygens (including phenoxy) is 3. The Labute approximate surface area is 163 Å². The van der Waals surface area contributed by atoms with Gasteiger partial charge in [-0.15, -0.1) is 0 Å². The van der Waals surface area contributed by atoms with Gasteiger partial charge in [0.15, 0.2) is 11.5 Å². The summed E-state index contributed by atoms with van der Waals surface area (Å²) in [4.78, 5) is 25.3. The van der Waals surface area contributed by atoms with Gasteiger partial charge in [-0.05, 0) is 45.4 Å². The zero-order chi connectivity index (χ0) is 21.3. The van der Waals surface area contributed by atoms with Gasteiger partial charge in [-0.1, -0.05) is 6.07 Å². The number of nitrogens with one attached hydrogen (secondary N) is 1. The summed E-state index contributed by atoms with van der Waals surface area (Å²) in [5.41, 5.74) is 0.0876. The van der Waals surface area contributed by atoms with E-state index in [1.54, 1.807) is 46.9 Å². The molecule has 0 atom stereocenters. The van der Waals surface area contributed by atoms with Crippen LogP contribution in [0.5, 0.6) is 11.5 Å². The normalized spacial score (nSPS) is 11.1. The van der Waals surface area contributed by atoms with Crippen molar-refractivity contribution in [2.45, 2.75) is 52.9 Å². The molecule has 0 aliphatic heterocycles. The van der Waals surface area contributed by atoms with E-state index < -0.39 is 18.3 Å². The maximum Gasteiger partial charge on any atom is 0.407 e. The molecule has 1 rings (SSSR count). The third-order valence-electron chi connectivity index (χ3n) is 3.38. The van der Waals surface area contributed by atoms with Crippen LogP contribution in [-0.4, -0.2) is 49.3 Å². The third-order valence-corrected chi connectivity index (χ3v) is 3.38. The molecule has 0 saturated heterocycles. The van der Waals surface area contributed by atoms with E-state index in [9.17, 15) is 18.4 Å². The first-order chi connectivity index (χ1) is 13.0. The van der Waals surface area contributed by atoms with Gasteiger partial charge in [-0.3, -0.25) is 4.79 Å². The molecule has 28 heavy (non-hydrogen) atoms. The first-order valence-corrected chi connectivity index (χ1v) is 8.93. The average molecular weight is 402 g/mol. The van der Waals surface area contributed by atoms with Crippen molar-refractivity contribution in [2.24, 2.45) is 0 Å². The third kappa shape index (κ3) is 8.88. The van der Waals surface area contributed by atoms with Crippen molar-refractivity contribution >= 4 is 12.0 Å². The predicted molar refractivity (Wildman–Crippen MR) is 99.6 cm³/mol. The topological polar surface area (TPSA) is 77.1 Å². The molecule has 0 aliphatic carbocycles. The van der Waals surface area contributed by atoms with Gasteiger partial charge >= 0.3 is 12.7 Å². The lowest BCUT2D eigenvalue weighted by molar-refractivity contribution is -0.130. The smallest absolute Gasteiger partial charge is 0.407 e. The van der Waals surface area contributed by atoms with E-state index in [4.69, 9.17) is 9.47 Å². The molecular weight excluding hydrogens is 374 g/mol. The summed E-state index contributed by atoms with van der Waals surface area (Å²) in [7, 11) is 1.61. The fourth-order valence-corrected chi connectivity index (χ4v) is 2.25. The minimum absolute atomic E-state index is 0.0591. The van der Waals surface area contributed by atoms with Crippen LogP contribution in [0.3, 0.4) is 0 Å². The van der Waals surface area contributed by atoms with Gasteiger partial charge in [-0.2, -0.15) is 8.78 Å². The number of alkyl halides is 2. The molecule has 9 heteroatoms. The molecule has 158 valence electrons. The second-order valence-electron chi connectivity index (χ2n) is 7.02. The van der Waals surface area contributed by atoms with Crippen molar-refractivity contribution in [1.82, 2.24) is 10.2 Å². The van der Waals surface area contributed by atoms with Gasteiger partial charge < -0.3 is 24.4 Å². The summed E-state index contributed by atoms with van der Waals surface area (Å²) in [6.45, 7) is 4.70. The molecule has 1 aromatic carbocycles. The molecule has 0 fully saturated rings. The predicted octanol–water partition coefficient (Wildman–Crippen LogP) is 3.56. The minimum atomic E-state index is -2.95. The Bertz CT molecular complexity index is 662. The van der Waals surface area contributed by atoms with E-state index in [1.165, 1.54) is 11.0 Å². The molecule has 2 amide bonds. The Balaban J connectivity index is 2.59. The Morgan fingerprint density at radius 2 is 1.89 bits per heavy atom. The molecule has 0 saturated carbocycles.